The highest BCUT2D eigenvalue weighted by molar-refractivity contribution is 6.02. The van der Waals surface area contributed by atoms with E-state index >= 15 is 0 Å². The summed E-state index contributed by atoms with van der Waals surface area (Å²) in [6, 6.07) is 4.98. The van der Waals surface area contributed by atoms with Gasteiger partial charge in [-0.1, -0.05) is 12.6 Å². The number of amides is 2. The molecular formula is C15H16N2O3. The summed E-state index contributed by atoms with van der Waals surface area (Å²) >= 11 is 0. The van der Waals surface area contributed by atoms with Crippen LogP contribution in [0.4, 0.5) is 0 Å². The number of carbonyl (C=O) groups is 2. The Balaban J connectivity index is 1.90. The van der Waals surface area contributed by atoms with E-state index in [4.69, 9.17) is 4.74 Å². The minimum absolute atomic E-state index is 0.105. The van der Waals surface area contributed by atoms with E-state index in [1.165, 1.54) is 0 Å². The number of benzene rings is 1. The van der Waals surface area contributed by atoms with E-state index in [1.807, 2.05) is 6.07 Å². The predicted octanol–water partition coefficient (Wildman–Crippen LogP) is 1.44. The third kappa shape index (κ3) is 1.86. The van der Waals surface area contributed by atoms with Gasteiger partial charge in [0.25, 0.3) is 5.91 Å². The lowest BCUT2D eigenvalue weighted by atomic mass is 10.0. The number of carbonyl (C=O) groups excluding carboxylic acids is 2. The molecule has 5 heteroatoms. The molecule has 0 aromatic heterocycles. The molecule has 2 aliphatic heterocycles. The number of nitrogens with zero attached hydrogens (tertiary/aromatic N) is 1. The maximum Gasteiger partial charge on any atom is 0.255 e. The molecule has 2 amide bonds. The van der Waals surface area contributed by atoms with Gasteiger partial charge in [0, 0.05) is 16.8 Å². The molecule has 1 atom stereocenters. The van der Waals surface area contributed by atoms with Gasteiger partial charge in [-0.25, -0.2) is 0 Å². The monoisotopic (exact) mass is 272 g/mol. The van der Waals surface area contributed by atoms with E-state index in [2.05, 4.69) is 11.9 Å². The van der Waals surface area contributed by atoms with Crippen LogP contribution in [0, 0.1) is 0 Å². The first-order chi connectivity index (χ1) is 9.61. The summed E-state index contributed by atoms with van der Waals surface area (Å²) in [5.41, 5.74) is 2.20. The number of fused-ring (bicyclic) bond motifs is 1. The Labute approximate surface area is 117 Å². The highest BCUT2D eigenvalue weighted by Gasteiger charge is 2.39. The van der Waals surface area contributed by atoms with Gasteiger partial charge in [-0.15, -0.1) is 0 Å². The minimum atomic E-state index is -0.426. The molecular weight excluding hydrogens is 256 g/mol. The summed E-state index contributed by atoms with van der Waals surface area (Å²) < 4.78 is 5.29. The van der Waals surface area contributed by atoms with Gasteiger partial charge in [-0.2, -0.15) is 0 Å². The fraction of sp³-hybridized carbons (Fsp3) is 0.333. The lowest BCUT2D eigenvalue weighted by Crippen LogP contribution is -2.49. The van der Waals surface area contributed by atoms with Crippen molar-refractivity contribution in [3.05, 3.63) is 41.6 Å². The highest BCUT2D eigenvalue weighted by atomic mass is 16.5. The van der Waals surface area contributed by atoms with Crippen LogP contribution in [0.3, 0.4) is 0 Å². The van der Waals surface area contributed by atoms with E-state index in [1.54, 1.807) is 24.1 Å². The fourth-order valence-electron chi connectivity index (χ4n) is 2.83. The lowest BCUT2D eigenvalue weighted by Gasteiger charge is -2.30. The molecule has 3 rings (SSSR count). The largest absolute Gasteiger partial charge is 0.496 e. The summed E-state index contributed by atoms with van der Waals surface area (Å²) in [5, 5.41) is 2.72. The van der Waals surface area contributed by atoms with Crippen molar-refractivity contribution in [1.82, 2.24) is 10.2 Å². The maximum absolute atomic E-state index is 12.5. The minimum Gasteiger partial charge on any atom is -0.496 e. The van der Waals surface area contributed by atoms with E-state index < -0.39 is 6.04 Å². The molecule has 0 aliphatic carbocycles. The Morgan fingerprint density at radius 3 is 2.90 bits per heavy atom. The zero-order valence-corrected chi connectivity index (χ0v) is 11.3. The summed E-state index contributed by atoms with van der Waals surface area (Å²) in [6.07, 6.45) is 1.32. The number of ether oxygens (including phenoxy) is 1. The van der Waals surface area contributed by atoms with Crippen molar-refractivity contribution in [3.63, 3.8) is 0 Å². The summed E-state index contributed by atoms with van der Waals surface area (Å²) in [4.78, 5) is 26.1. The molecule has 104 valence electrons. The molecule has 0 spiro atoms. The molecule has 2 aliphatic rings. The van der Waals surface area contributed by atoms with Crippen LogP contribution in [-0.2, 0) is 11.3 Å². The van der Waals surface area contributed by atoms with E-state index in [0.29, 0.717) is 36.4 Å². The van der Waals surface area contributed by atoms with Crippen molar-refractivity contribution in [3.8, 4) is 5.75 Å². The molecule has 20 heavy (non-hydrogen) atoms. The average Bonchev–Trinajstić information content (AvgIpc) is 2.76. The summed E-state index contributed by atoms with van der Waals surface area (Å²) in [7, 11) is 1.58. The van der Waals surface area contributed by atoms with Crippen LogP contribution in [0.5, 0.6) is 5.75 Å². The maximum atomic E-state index is 12.5. The molecule has 1 saturated heterocycles. The molecule has 1 unspecified atom stereocenters. The Morgan fingerprint density at radius 2 is 2.20 bits per heavy atom. The molecule has 1 fully saturated rings. The van der Waals surface area contributed by atoms with Gasteiger partial charge in [-0.3, -0.25) is 9.59 Å². The molecule has 0 bridgehead atoms. The number of allylic oxidation sites excluding steroid dienone is 1. The van der Waals surface area contributed by atoms with Crippen LogP contribution in [0.1, 0.15) is 28.8 Å². The van der Waals surface area contributed by atoms with Gasteiger partial charge >= 0.3 is 0 Å². The number of hydrogen-bond acceptors (Lipinski definition) is 3. The molecule has 1 aromatic carbocycles. The summed E-state index contributed by atoms with van der Waals surface area (Å²) in [5.74, 6) is 0.437. The number of rotatable bonds is 2. The van der Waals surface area contributed by atoms with E-state index in [0.717, 1.165) is 5.56 Å². The average molecular weight is 272 g/mol. The Kier molecular flexibility index (Phi) is 2.97. The van der Waals surface area contributed by atoms with E-state index in [9.17, 15) is 9.59 Å². The van der Waals surface area contributed by atoms with Gasteiger partial charge in [-0.05, 0) is 25.0 Å². The van der Waals surface area contributed by atoms with Crippen molar-refractivity contribution < 1.29 is 14.3 Å². The first-order valence-corrected chi connectivity index (χ1v) is 6.57. The van der Waals surface area contributed by atoms with Crippen LogP contribution < -0.4 is 10.1 Å². The van der Waals surface area contributed by atoms with Crippen LogP contribution in [0.2, 0.25) is 0 Å². The second kappa shape index (κ2) is 4.67. The lowest BCUT2D eigenvalue weighted by molar-refractivity contribution is -0.126. The second-order valence-electron chi connectivity index (χ2n) is 5.07. The third-order valence-electron chi connectivity index (χ3n) is 3.87. The molecule has 2 heterocycles. The van der Waals surface area contributed by atoms with Crippen LogP contribution >= 0.6 is 0 Å². The van der Waals surface area contributed by atoms with Crippen LogP contribution in [0.15, 0.2) is 30.5 Å². The Bertz CT molecular complexity index is 609. The fourth-order valence-corrected chi connectivity index (χ4v) is 2.83. The van der Waals surface area contributed by atoms with Gasteiger partial charge in [0.05, 0.1) is 13.7 Å². The SMILES string of the molecule is C=C1CCC(N2Cc3c(OC)cccc3C2=O)C(=O)N1. The first kappa shape index (κ1) is 12.7. The second-order valence-corrected chi connectivity index (χ2v) is 5.07. The molecule has 5 nitrogen and oxygen atoms in total. The quantitative estimate of drug-likeness (QED) is 0.886. The van der Waals surface area contributed by atoms with Crippen molar-refractivity contribution >= 4 is 11.8 Å². The van der Waals surface area contributed by atoms with Crippen molar-refractivity contribution in [2.75, 3.05) is 7.11 Å². The molecule has 1 aromatic rings. The number of piperidine rings is 1. The standard InChI is InChI=1S/C15H16N2O3/c1-9-6-7-12(14(18)16-9)17-8-11-10(15(17)19)4-3-5-13(11)20-2/h3-5,12H,1,6-8H2,2H3,(H,16,18). The van der Waals surface area contributed by atoms with Gasteiger partial charge in [0.15, 0.2) is 0 Å². The third-order valence-corrected chi connectivity index (χ3v) is 3.87. The topological polar surface area (TPSA) is 58.6 Å². The Hall–Kier alpha value is -2.30. The number of hydrogen-bond donors (Lipinski definition) is 1. The van der Waals surface area contributed by atoms with Crippen molar-refractivity contribution in [2.24, 2.45) is 0 Å². The predicted molar refractivity (Wildman–Crippen MR) is 73.2 cm³/mol. The zero-order chi connectivity index (χ0) is 14.3. The number of methoxy groups -OCH3 is 1. The van der Waals surface area contributed by atoms with E-state index in [-0.39, 0.29) is 11.8 Å². The molecule has 1 N–H and O–H groups in total. The van der Waals surface area contributed by atoms with Crippen molar-refractivity contribution in [1.29, 1.82) is 0 Å². The van der Waals surface area contributed by atoms with Crippen molar-refractivity contribution in [2.45, 2.75) is 25.4 Å². The van der Waals surface area contributed by atoms with Gasteiger partial charge in [0.1, 0.15) is 11.8 Å². The van der Waals surface area contributed by atoms with Gasteiger partial charge in [0.2, 0.25) is 5.91 Å². The van der Waals surface area contributed by atoms with Crippen LogP contribution in [-0.4, -0.2) is 29.9 Å². The van der Waals surface area contributed by atoms with Gasteiger partial charge < -0.3 is 15.0 Å². The number of nitrogens with one attached hydrogen (secondary N) is 1. The molecule has 0 radical (unpaired) electrons. The zero-order valence-electron chi connectivity index (χ0n) is 11.3. The normalized spacial score (nSPS) is 21.8. The summed E-state index contributed by atoms with van der Waals surface area (Å²) in [6.45, 7) is 4.18. The Morgan fingerprint density at radius 1 is 1.40 bits per heavy atom. The molecule has 0 saturated carbocycles. The smallest absolute Gasteiger partial charge is 0.255 e. The van der Waals surface area contributed by atoms with Crippen LogP contribution in [0.25, 0.3) is 0 Å². The first-order valence-electron chi connectivity index (χ1n) is 6.57. The highest BCUT2D eigenvalue weighted by Crippen LogP contribution is 2.33.